The maximum absolute atomic E-state index is 11.2. The van der Waals surface area contributed by atoms with E-state index in [1.54, 1.807) is 13.8 Å². The van der Waals surface area contributed by atoms with Gasteiger partial charge in [-0.1, -0.05) is 6.92 Å². The molecule has 0 fully saturated rings. The number of ketones is 1. The van der Waals surface area contributed by atoms with Crippen LogP contribution in [0.1, 0.15) is 33.6 Å². The second kappa shape index (κ2) is 4.97. The van der Waals surface area contributed by atoms with Crippen LogP contribution in [0.3, 0.4) is 0 Å². The standard InChI is InChI=1S/C9H16O4/c1-4-6-7(10)9(3,12)8(11)13-5-2/h12H,4-6H2,1-3H3. The molecule has 0 aliphatic rings. The lowest BCUT2D eigenvalue weighted by molar-refractivity contribution is -0.168. The largest absolute Gasteiger partial charge is 0.464 e. The summed E-state index contributed by atoms with van der Waals surface area (Å²) in [7, 11) is 0. The van der Waals surface area contributed by atoms with Crippen LogP contribution in [0.15, 0.2) is 0 Å². The smallest absolute Gasteiger partial charge is 0.345 e. The van der Waals surface area contributed by atoms with Crippen LogP contribution in [0.5, 0.6) is 0 Å². The number of esters is 1. The van der Waals surface area contributed by atoms with Crippen molar-refractivity contribution in [1.82, 2.24) is 0 Å². The lowest BCUT2D eigenvalue weighted by atomic mass is 9.98. The number of hydrogen-bond donors (Lipinski definition) is 1. The van der Waals surface area contributed by atoms with Crippen molar-refractivity contribution >= 4 is 11.8 Å². The molecule has 4 heteroatoms. The van der Waals surface area contributed by atoms with Crippen LogP contribution in [-0.2, 0) is 14.3 Å². The second-order valence-electron chi connectivity index (χ2n) is 2.97. The fourth-order valence-corrected chi connectivity index (χ4v) is 0.856. The van der Waals surface area contributed by atoms with Crippen molar-refractivity contribution in [1.29, 1.82) is 0 Å². The van der Waals surface area contributed by atoms with Crippen molar-refractivity contribution in [2.45, 2.75) is 39.2 Å². The minimum absolute atomic E-state index is 0.161. The molecule has 0 aromatic rings. The molecule has 0 aliphatic carbocycles. The molecule has 76 valence electrons. The first kappa shape index (κ1) is 12.1. The van der Waals surface area contributed by atoms with Gasteiger partial charge in [-0.2, -0.15) is 0 Å². The van der Waals surface area contributed by atoms with Gasteiger partial charge in [0.05, 0.1) is 6.61 Å². The molecule has 13 heavy (non-hydrogen) atoms. The number of carbonyl (C=O) groups is 2. The van der Waals surface area contributed by atoms with E-state index in [1.165, 1.54) is 6.92 Å². The van der Waals surface area contributed by atoms with Gasteiger partial charge in [0.1, 0.15) is 0 Å². The normalized spacial score (nSPS) is 14.8. The summed E-state index contributed by atoms with van der Waals surface area (Å²) in [5.41, 5.74) is -1.98. The maximum atomic E-state index is 11.2. The Bertz CT molecular complexity index is 176. The Labute approximate surface area is 77.9 Å². The molecule has 0 amide bonds. The Morgan fingerprint density at radius 2 is 1.92 bits per heavy atom. The van der Waals surface area contributed by atoms with Crippen LogP contribution < -0.4 is 0 Å². The summed E-state index contributed by atoms with van der Waals surface area (Å²) in [6.07, 6.45) is 0.792. The van der Waals surface area contributed by atoms with E-state index in [-0.39, 0.29) is 13.0 Å². The highest BCUT2D eigenvalue weighted by atomic mass is 16.5. The van der Waals surface area contributed by atoms with Gasteiger partial charge in [0.25, 0.3) is 0 Å². The first-order valence-corrected chi connectivity index (χ1v) is 4.39. The van der Waals surface area contributed by atoms with Gasteiger partial charge in [-0.3, -0.25) is 4.79 Å². The third kappa shape index (κ3) is 3.14. The van der Waals surface area contributed by atoms with Gasteiger partial charge in [-0.05, 0) is 20.3 Å². The fourth-order valence-electron chi connectivity index (χ4n) is 0.856. The molecule has 0 aromatic heterocycles. The lowest BCUT2D eigenvalue weighted by Crippen LogP contribution is -2.44. The SMILES string of the molecule is CCCC(=O)C(C)(O)C(=O)OCC. The summed E-state index contributed by atoms with van der Waals surface area (Å²) in [4.78, 5) is 22.3. The van der Waals surface area contributed by atoms with E-state index in [1.807, 2.05) is 0 Å². The minimum atomic E-state index is -1.98. The minimum Gasteiger partial charge on any atom is -0.464 e. The third-order valence-electron chi connectivity index (χ3n) is 1.69. The van der Waals surface area contributed by atoms with Gasteiger partial charge >= 0.3 is 5.97 Å². The maximum Gasteiger partial charge on any atom is 0.345 e. The third-order valence-corrected chi connectivity index (χ3v) is 1.69. The Morgan fingerprint density at radius 1 is 1.38 bits per heavy atom. The molecule has 0 saturated carbocycles. The summed E-state index contributed by atoms with van der Waals surface area (Å²) in [5.74, 6) is -1.36. The predicted molar refractivity (Wildman–Crippen MR) is 47.2 cm³/mol. The fraction of sp³-hybridized carbons (Fsp3) is 0.778. The molecule has 1 atom stereocenters. The highest BCUT2D eigenvalue weighted by Crippen LogP contribution is 2.11. The molecular formula is C9H16O4. The van der Waals surface area contributed by atoms with Crippen LogP contribution in [0.2, 0.25) is 0 Å². The zero-order chi connectivity index (χ0) is 10.5. The van der Waals surface area contributed by atoms with Crippen LogP contribution in [0.25, 0.3) is 0 Å². The molecule has 0 saturated heterocycles. The molecule has 1 N–H and O–H groups in total. The van der Waals surface area contributed by atoms with E-state index in [2.05, 4.69) is 4.74 Å². The summed E-state index contributed by atoms with van der Waals surface area (Å²) < 4.78 is 4.56. The van der Waals surface area contributed by atoms with Gasteiger partial charge < -0.3 is 9.84 Å². The van der Waals surface area contributed by atoms with Crippen LogP contribution in [-0.4, -0.2) is 29.1 Å². The molecule has 0 spiro atoms. The highest BCUT2D eigenvalue weighted by Gasteiger charge is 2.38. The molecular weight excluding hydrogens is 172 g/mol. The monoisotopic (exact) mass is 188 g/mol. The Balaban J connectivity index is 4.36. The topological polar surface area (TPSA) is 63.6 Å². The van der Waals surface area contributed by atoms with Crippen molar-refractivity contribution in [3.63, 3.8) is 0 Å². The van der Waals surface area contributed by atoms with Crippen LogP contribution >= 0.6 is 0 Å². The van der Waals surface area contributed by atoms with Crippen molar-refractivity contribution in [2.75, 3.05) is 6.61 Å². The molecule has 4 nitrogen and oxygen atoms in total. The van der Waals surface area contributed by atoms with Crippen LogP contribution in [0, 0.1) is 0 Å². The van der Waals surface area contributed by atoms with Gasteiger partial charge in [-0.15, -0.1) is 0 Å². The van der Waals surface area contributed by atoms with Gasteiger partial charge in [0.15, 0.2) is 5.78 Å². The lowest BCUT2D eigenvalue weighted by Gasteiger charge is -2.18. The number of ether oxygens (including phenoxy) is 1. The van der Waals surface area contributed by atoms with Crippen molar-refractivity contribution < 1.29 is 19.4 Å². The number of carbonyl (C=O) groups excluding carboxylic acids is 2. The molecule has 0 aromatic carbocycles. The Kier molecular flexibility index (Phi) is 4.62. The van der Waals surface area contributed by atoms with Crippen LogP contribution in [0.4, 0.5) is 0 Å². The quantitative estimate of drug-likeness (QED) is 0.508. The summed E-state index contributed by atoms with van der Waals surface area (Å²) in [6, 6.07) is 0. The van der Waals surface area contributed by atoms with Gasteiger partial charge in [0, 0.05) is 6.42 Å². The summed E-state index contributed by atoms with van der Waals surface area (Å²) in [6.45, 7) is 4.76. The first-order chi connectivity index (χ1) is 5.96. The number of hydrogen-bond acceptors (Lipinski definition) is 4. The van der Waals surface area contributed by atoms with Gasteiger partial charge in [-0.25, -0.2) is 4.79 Å². The number of rotatable bonds is 5. The number of aliphatic hydroxyl groups is 1. The van der Waals surface area contributed by atoms with Crippen molar-refractivity contribution in [3.05, 3.63) is 0 Å². The number of Topliss-reactive ketones (excluding diaryl/α,β-unsaturated/α-hetero) is 1. The van der Waals surface area contributed by atoms with Gasteiger partial charge in [0.2, 0.25) is 5.60 Å². The highest BCUT2D eigenvalue weighted by molar-refractivity contribution is 6.06. The summed E-state index contributed by atoms with van der Waals surface area (Å²) in [5, 5.41) is 9.49. The molecule has 0 bridgehead atoms. The Morgan fingerprint density at radius 3 is 2.31 bits per heavy atom. The molecule has 0 heterocycles. The molecule has 0 radical (unpaired) electrons. The van der Waals surface area contributed by atoms with Crippen molar-refractivity contribution in [2.24, 2.45) is 0 Å². The van der Waals surface area contributed by atoms with E-state index >= 15 is 0 Å². The van der Waals surface area contributed by atoms with E-state index in [0.29, 0.717) is 6.42 Å². The predicted octanol–water partition coefficient (Wildman–Crippen LogP) is 0.670. The molecule has 1 unspecified atom stereocenters. The first-order valence-electron chi connectivity index (χ1n) is 4.39. The Hall–Kier alpha value is -0.900. The average Bonchev–Trinajstić information content (AvgIpc) is 2.05. The van der Waals surface area contributed by atoms with Crippen molar-refractivity contribution in [3.8, 4) is 0 Å². The van der Waals surface area contributed by atoms with E-state index in [4.69, 9.17) is 0 Å². The van der Waals surface area contributed by atoms with E-state index in [9.17, 15) is 14.7 Å². The van der Waals surface area contributed by atoms with E-state index < -0.39 is 17.4 Å². The zero-order valence-electron chi connectivity index (χ0n) is 8.29. The molecule has 0 aliphatic heterocycles. The summed E-state index contributed by atoms with van der Waals surface area (Å²) >= 11 is 0. The average molecular weight is 188 g/mol. The second-order valence-corrected chi connectivity index (χ2v) is 2.97. The molecule has 0 rings (SSSR count). The zero-order valence-corrected chi connectivity index (χ0v) is 8.29. The van der Waals surface area contributed by atoms with E-state index in [0.717, 1.165) is 0 Å².